The lowest BCUT2D eigenvalue weighted by atomic mass is 10.3. The Balaban J connectivity index is 4.16. The van der Waals surface area contributed by atoms with Gasteiger partial charge >= 0.3 is 5.97 Å². The minimum Gasteiger partial charge on any atom is -0.483 e. The van der Waals surface area contributed by atoms with Crippen LogP contribution in [0.5, 0.6) is 0 Å². The van der Waals surface area contributed by atoms with Crippen LogP contribution in [0.25, 0.3) is 0 Å². The minimum atomic E-state index is -0.384. The Kier molecular flexibility index (Phi) is 9.21. The summed E-state index contributed by atoms with van der Waals surface area (Å²) in [5.74, 6) is -0.0758. The van der Waals surface area contributed by atoms with Crippen LogP contribution >= 0.6 is 0 Å². The summed E-state index contributed by atoms with van der Waals surface area (Å²) in [5, 5.41) is 0. The molecular weight excluding hydrogens is 216 g/mol. The highest BCUT2D eigenvalue weighted by Crippen LogP contribution is 2.05. The first-order chi connectivity index (χ1) is 8.11. The Labute approximate surface area is 104 Å². The van der Waals surface area contributed by atoms with Crippen molar-refractivity contribution in [3.8, 4) is 0 Å². The molecule has 0 bridgehead atoms. The number of carbonyl (C=O) groups excluding carboxylic acids is 1. The van der Waals surface area contributed by atoms with Crippen molar-refractivity contribution in [3.05, 3.63) is 24.0 Å². The third-order valence-corrected chi connectivity index (χ3v) is 1.89. The van der Waals surface area contributed by atoms with Gasteiger partial charge in [0.1, 0.15) is 6.61 Å². The van der Waals surface area contributed by atoms with E-state index in [1.165, 1.54) is 0 Å². The van der Waals surface area contributed by atoms with Crippen molar-refractivity contribution in [3.63, 3.8) is 0 Å². The van der Waals surface area contributed by atoms with E-state index in [0.717, 1.165) is 19.3 Å². The predicted octanol–water partition coefficient (Wildman–Crippen LogP) is 3.60. The van der Waals surface area contributed by atoms with Gasteiger partial charge in [-0.3, -0.25) is 0 Å². The molecule has 0 aromatic rings. The molecule has 3 nitrogen and oxygen atoms in total. The second kappa shape index (κ2) is 9.94. The summed E-state index contributed by atoms with van der Waals surface area (Å²) in [6.45, 7) is 8.14. The zero-order chi connectivity index (χ0) is 13.1. The third kappa shape index (κ3) is 8.55. The lowest BCUT2D eigenvalue weighted by Crippen LogP contribution is -2.15. The Bertz CT molecular complexity index is 265. The second-order valence-electron chi connectivity index (χ2n) is 4.00. The zero-order valence-corrected chi connectivity index (χ0v) is 11.4. The molecule has 0 aromatic carbocycles. The van der Waals surface area contributed by atoms with E-state index in [0.29, 0.717) is 12.4 Å². The number of esters is 1. The van der Waals surface area contributed by atoms with E-state index in [2.05, 4.69) is 13.0 Å². The quantitative estimate of drug-likeness (QED) is 0.281. The number of carbonyl (C=O) groups is 1. The van der Waals surface area contributed by atoms with E-state index in [1.807, 2.05) is 26.8 Å². The Morgan fingerprint density at radius 3 is 2.47 bits per heavy atom. The molecule has 3 heteroatoms. The van der Waals surface area contributed by atoms with Crippen LogP contribution in [0.15, 0.2) is 24.0 Å². The fourth-order valence-electron chi connectivity index (χ4n) is 1.15. The average Bonchev–Trinajstić information content (AvgIpc) is 2.26. The number of unbranched alkanes of at least 4 members (excludes halogenated alkanes) is 1. The molecular formula is C14H24O3. The fourth-order valence-corrected chi connectivity index (χ4v) is 1.15. The molecule has 0 heterocycles. The number of rotatable bonds is 8. The van der Waals surface area contributed by atoms with Crippen molar-refractivity contribution in [1.82, 2.24) is 0 Å². The van der Waals surface area contributed by atoms with Crippen molar-refractivity contribution in [2.24, 2.45) is 0 Å². The maximum atomic E-state index is 11.6. The van der Waals surface area contributed by atoms with E-state index >= 15 is 0 Å². The number of ether oxygens (including phenoxy) is 2. The van der Waals surface area contributed by atoms with Crippen LogP contribution in [-0.4, -0.2) is 18.7 Å². The van der Waals surface area contributed by atoms with E-state index < -0.39 is 0 Å². The molecule has 17 heavy (non-hydrogen) atoms. The van der Waals surface area contributed by atoms with Crippen molar-refractivity contribution >= 4 is 5.97 Å². The largest absolute Gasteiger partial charge is 0.483 e. The Hall–Kier alpha value is -1.25. The van der Waals surface area contributed by atoms with Gasteiger partial charge in [-0.1, -0.05) is 32.4 Å². The topological polar surface area (TPSA) is 35.5 Å². The highest BCUT2D eigenvalue weighted by Gasteiger charge is 2.12. The highest BCUT2D eigenvalue weighted by molar-refractivity contribution is 5.86. The van der Waals surface area contributed by atoms with Gasteiger partial charge in [-0.2, -0.15) is 0 Å². The molecule has 98 valence electrons. The summed E-state index contributed by atoms with van der Waals surface area (Å²) in [6, 6.07) is 0. The van der Waals surface area contributed by atoms with Gasteiger partial charge in [-0.25, -0.2) is 4.79 Å². The smallest absolute Gasteiger partial charge is 0.373 e. The van der Waals surface area contributed by atoms with Crippen molar-refractivity contribution < 1.29 is 14.3 Å². The van der Waals surface area contributed by atoms with E-state index in [4.69, 9.17) is 9.47 Å². The molecule has 0 amide bonds. The Morgan fingerprint density at radius 1 is 1.24 bits per heavy atom. The average molecular weight is 240 g/mol. The van der Waals surface area contributed by atoms with Crippen LogP contribution < -0.4 is 0 Å². The number of hydrogen-bond acceptors (Lipinski definition) is 3. The molecule has 0 aliphatic carbocycles. The van der Waals surface area contributed by atoms with E-state index in [1.54, 1.807) is 6.08 Å². The molecule has 0 aromatic heterocycles. The van der Waals surface area contributed by atoms with Gasteiger partial charge in [0.2, 0.25) is 5.76 Å². The lowest BCUT2D eigenvalue weighted by molar-refractivity contribution is -0.146. The fraction of sp³-hybridized carbons (Fsp3) is 0.643. The number of allylic oxidation sites excluding steroid dienone is 2. The van der Waals surface area contributed by atoms with Crippen LogP contribution in [0.4, 0.5) is 0 Å². The molecule has 0 rings (SSSR count). The van der Waals surface area contributed by atoms with Crippen LogP contribution in [-0.2, 0) is 14.3 Å². The van der Waals surface area contributed by atoms with Gasteiger partial charge in [0.15, 0.2) is 0 Å². The number of hydrogen-bond donors (Lipinski definition) is 0. The van der Waals surface area contributed by atoms with Gasteiger partial charge in [0.05, 0.1) is 6.10 Å². The van der Waals surface area contributed by atoms with E-state index in [9.17, 15) is 4.79 Å². The molecule has 0 aliphatic rings. The summed E-state index contributed by atoms with van der Waals surface area (Å²) in [7, 11) is 0. The van der Waals surface area contributed by atoms with Crippen LogP contribution in [0, 0.1) is 0 Å². The summed E-state index contributed by atoms with van der Waals surface area (Å²) in [4.78, 5) is 11.6. The minimum absolute atomic E-state index is 0.123. The van der Waals surface area contributed by atoms with Gasteiger partial charge in [-0.15, -0.1) is 0 Å². The molecule has 0 saturated heterocycles. The van der Waals surface area contributed by atoms with Crippen LogP contribution in [0.2, 0.25) is 0 Å². The normalized spacial score (nSPS) is 12.2. The second-order valence-corrected chi connectivity index (χ2v) is 4.00. The first-order valence-corrected chi connectivity index (χ1v) is 6.30. The first kappa shape index (κ1) is 15.8. The van der Waals surface area contributed by atoms with Crippen molar-refractivity contribution in [2.75, 3.05) is 6.61 Å². The summed E-state index contributed by atoms with van der Waals surface area (Å²) < 4.78 is 10.5. The predicted molar refractivity (Wildman–Crippen MR) is 69.6 cm³/mol. The van der Waals surface area contributed by atoms with Crippen molar-refractivity contribution in [2.45, 2.75) is 53.1 Å². The first-order valence-electron chi connectivity index (χ1n) is 6.30. The van der Waals surface area contributed by atoms with Gasteiger partial charge in [0.25, 0.3) is 0 Å². The summed E-state index contributed by atoms with van der Waals surface area (Å²) in [6.07, 6.45) is 8.50. The molecule has 0 fully saturated rings. The monoisotopic (exact) mass is 240 g/mol. The van der Waals surface area contributed by atoms with Gasteiger partial charge in [0, 0.05) is 0 Å². The maximum Gasteiger partial charge on any atom is 0.373 e. The van der Waals surface area contributed by atoms with Crippen LogP contribution in [0.1, 0.15) is 47.0 Å². The van der Waals surface area contributed by atoms with E-state index in [-0.39, 0.29) is 12.1 Å². The molecule has 0 aliphatic heterocycles. The molecule has 0 radical (unpaired) electrons. The summed E-state index contributed by atoms with van der Waals surface area (Å²) >= 11 is 0. The molecule has 0 spiro atoms. The molecule has 0 N–H and O–H groups in total. The Morgan fingerprint density at radius 2 is 1.94 bits per heavy atom. The molecule has 0 saturated carbocycles. The molecule has 0 atom stereocenters. The SMILES string of the molecule is CC/C=C(/OC/C=C/CCC)C(=O)OC(C)C. The zero-order valence-electron chi connectivity index (χ0n) is 11.4. The standard InChI is InChI=1S/C14H24O3/c1-5-7-8-9-11-16-13(10-6-2)14(15)17-12(3)4/h8-10,12H,5-7,11H2,1-4H3/b9-8+,13-10+. The molecule has 0 unspecified atom stereocenters. The van der Waals surface area contributed by atoms with Crippen LogP contribution in [0.3, 0.4) is 0 Å². The third-order valence-electron chi connectivity index (χ3n) is 1.89. The maximum absolute atomic E-state index is 11.6. The van der Waals surface area contributed by atoms with Gasteiger partial charge < -0.3 is 9.47 Å². The summed E-state index contributed by atoms with van der Waals surface area (Å²) in [5.41, 5.74) is 0. The highest BCUT2D eigenvalue weighted by atomic mass is 16.6. The van der Waals surface area contributed by atoms with Crippen molar-refractivity contribution in [1.29, 1.82) is 0 Å². The lowest BCUT2D eigenvalue weighted by Gasteiger charge is -2.11. The van der Waals surface area contributed by atoms with Gasteiger partial charge in [-0.05, 0) is 32.8 Å².